The number of likely N-dealkylation sites (tertiary alicyclic amines) is 1. The van der Waals surface area contributed by atoms with E-state index in [1.807, 2.05) is 49.4 Å². The van der Waals surface area contributed by atoms with Gasteiger partial charge in [-0.2, -0.15) is 0 Å². The molecule has 2 aromatic rings. The van der Waals surface area contributed by atoms with Gasteiger partial charge in [-0.1, -0.05) is 24.3 Å². The topological polar surface area (TPSA) is 85.5 Å². The first kappa shape index (κ1) is 16.6. The first-order chi connectivity index (χ1) is 12.5. The summed E-state index contributed by atoms with van der Waals surface area (Å²) in [5, 5.41) is 0. The molecule has 3 atom stereocenters. The molecule has 6 nitrogen and oxygen atoms in total. The van der Waals surface area contributed by atoms with Crippen LogP contribution in [0.5, 0.6) is 5.75 Å². The Morgan fingerprint density at radius 1 is 1.31 bits per heavy atom. The minimum atomic E-state index is -0.864. The van der Waals surface area contributed by atoms with Crippen LogP contribution >= 0.6 is 0 Å². The maximum absolute atomic E-state index is 13.1. The van der Waals surface area contributed by atoms with Gasteiger partial charge in [0.25, 0.3) is 0 Å². The molecule has 1 aromatic heterocycles. The summed E-state index contributed by atoms with van der Waals surface area (Å²) in [6, 6.07) is 13.3. The van der Waals surface area contributed by atoms with Gasteiger partial charge in [0.1, 0.15) is 11.7 Å². The van der Waals surface area contributed by atoms with Crippen LogP contribution in [0, 0.1) is 5.92 Å². The molecule has 1 saturated heterocycles. The third kappa shape index (κ3) is 2.62. The number of hydrogen-bond donors (Lipinski definition) is 1. The number of aromatic nitrogens is 1. The Hall–Kier alpha value is -2.89. The standard InChI is InChI=1S/C20H21N3O3/c1-20-12-15(14-7-2-3-8-16(14)26-20)17(18(21)24)19(25)23(20)11-9-13-6-4-5-10-22-13/h2-8,10,15,17H,9,11-12H2,1H3,(H2,21,24)/t15-,17-,20-/m0/s1. The minimum absolute atomic E-state index is 0.249. The number of piperidine rings is 1. The normalized spacial score (nSPS) is 26.8. The number of hydrogen-bond acceptors (Lipinski definition) is 4. The molecule has 0 unspecified atom stereocenters. The summed E-state index contributed by atoms with van der Waals surface area (Å²) < 4.78 is 6.22. The fourth-order valence-corrected chi connectivity index (χ4v) is 4.15. The van der Waals surface area contributed by atoms with Crippen LogP contribution in [0.2, 0.25) is 0 Å². The molecule has 2 aliphatic rings. The molecular formula is C20H21N3O3. The Bertz CT molecular complexity index is 854. The van der Waals surface area contributed by atoms with Crippen LogP contribution in [0.1, 0.15) is 30.5 Å². The quantitative estimate of drug-likeness (QED) is 0.852. The second-order valence-electron chi connectivity index (χ2n) is 7.07. The number of carbonyl (C=O) groups is 2. The first-order valence-electron chi connectivity index (χ1n) is 8.78. The van der Waals surface area contributed by atoms with Crippen molar-refractivity contribution in [3.63, 3.8) is 0 Å². The lowest BCUT2D eigenvalue weighted by Crippen LogP contribution is -2.64. The minimum Gasteiger partial charge on any atom is -0.468 e. The molecule has 1 aromatic carbocycles. The Morgan fingerprint density at radius 2 is 2.08 bits per heavy atom. The van der Waals surface area contributed by atoms with Crippen LogP contribution in [-0.2, 0) is 16.0 Å². The highest BCUT2D eigenvalue weighted by molar-refractivity contribution is 6.01. The van der Waals surface area contributed by atoms with Crippen LogP contribution in [-0.4, -0.2) is 34.0 Å². The third-order valence-corrected chi connectivity index (χ3v) is 5.38. The third-order valence-electron chi connectivity index (χ3n) is 5.38. The molecule has 0 spiro atoms. The van der Waals surface area contributed by atoms with Crippen LogP contribution in [0.25, 0.3) is 0 Å². The molecule has 4 rings (SSSR count). The number of rotatable bonds is 4. The lowest BCUT2D eigenvalue weighted by atomic mass is 9.73. The van der Waals surface area contributed by atoms with Crippen molar-refractivity contribution >= 4 is 11.8 Å². The second kappa shape index (κ2) is 6.12. The van der Waals surface area contributed by atoms with Gasteiger partial charge < -0.3 is 15.4 Å². The average Bonchev–Trinajstić information content (AvgIpc) is 2.61. The van der Waals surface area contributed by atoms with Crippen LogP contribution in [0.15, 0.2) is 48.7 Å². The molecule has 0 radical (unpaired) electrons. The molecule has 26 heavy (non-hydrogen) atoms. The fraction of sp³-hybridized carbons (Fsp3) is 0.350. The molecule has 3 heterocycles. The summed E-state index contributed by atoms with van der Waals surface area (Å²) in [6.07, 6.45) is 2.86. The summed E-state index contributed by atoms with van der Waals surface area (Å²) in [7, 11) is 0. The van der Waals surface area contributed by atoms with Gasteiger partial charge in [0.05, 0.1) is 0 Å². The second-order valence-corrected chi connectivity index (χ2v) is 7.07. The predicted octanol–water partition coefficient (Wildman–Crippen LogP) is 1.85. The van der Waals surface area contributed by atoms with Gasteiger partial charge in [0.2, 0.25) is 11.8 Å². The highest BCUT2D eigenvalue weighted by atomic mass is 16.5. The van der Waals surface area contributed by atoms with Gasteiger partial charge in [-0.3, -0.25) is 14.6 Å². The van der Waals surface area contributed by atoms with E-state index >= 15 is 0 Å². The van der Waals surface area contributed by atoms with E-state index in [0.717, 1.165) is 11.3 Å². The van der Waals surface area contributed by atoms with E-state index in [-0.39, 0.29) is 11.8 Å². The van der Waals surface area contributed by atoms with Crippen molar-refractivity contribution in [2.75, 3.05) is 6.54 Å². The first-order valence-corrected chi connectivity index (χ1v) is 8.78. The van der Waals surface area contributed by atoms with Crippen molar-refractivity contribution in [3.05, 3.63) is 59.9 Å². The monoisotopic (exact) mass is 351 g/mol. The van der Waals surface area contributed by atoms with E-state index in [1.54, 1.807) is 11.1 Å². The van der Waals surface area contributed by atoms with Gasteiger partial charge in [0.15, 0.2) is 5.72 Å². The van der Waals surface area contributed by atoms with Gasteiger partial charge in [-0.05, 0) is 30.7 Å². The van der Waals surface area contributed by atoms with Gasteiger partial charge in [0, 0.05) is 37.2 Å². The van der Waals surface area contributed by atoms with E-state index in [1.165, 1.54) is 0 Å². The van der Waals surface area contributed by atoms with E-state index < -0.39 is 17.6 Å². The number of amides is 2. The van der Waals surface area contributed by atoms with E-state index in [0.29, 0.717) is 25.1 Å². The zero-order valence-electron chi connectivity index (χ0n) is 14.6. The number of primary amides is 1. The number of fused-ring (bicyclic) bond motifs is 4. The largest absolute Gasteiger partial charge is 0.468 e. The maximum Gasteiger partial charge on any atom is 0.238 e. The Labute approximate surface area is 152 Å². The molecule has 2 bridgehead atoms. The maximum atomic E-state index is 13.1. The Morgan fingerprint density at radius 3 is 2.81 bits per heavy atom. The summed E-state index contributed by atoms with van der Waals surface area (Å²) >= 11 is 0. The smallest absolute Gasteiger partial charge is 0.238 e. The number of para-hydroxylation sites is 1. The van der Waals surface area contributed by atoms with Crippen molar-refractivity contribution < 1.29 is 14.3 Å². The molecule has 6 heteroatoms. The lowest BCUT2D eigenvalue weighted by molar-refractivity contribution is -0.175. The van der Waals surface area contributed by atoms with Crippen molar-refractivity contribution in [3.8, 4) is 5.75 Å². The number of benzene rings is 1. The number of pyridine rings is 1. The van der Waals surface area contributed by atoms with Crippen molar-refractivity contribution in [2.24, 2.45) is 11.7 Å². The van der Waals surface area contributed by atoms with Gasteiger partial charge in [-0.25, -0.2) is 0 Å². The van der Waals surface area contributed by atoms with Crippen molar-refractivity contribution in [2.45, 2.75) is 31.4 Å². The fourth-order valence-electron chi connectivity index (χ4n) is 4.15. The van der Waals surface area contributed by atoms with Crippen LogP contribution < -0.4 is 10.5 Å². The predicted molar refractivity (Wildman–Crippen MR) is 95.2 cm³/mol. The molecule has 2 amide bonds. The summed E-state index contributed by atoms with van der Waals surface area (Å²) in [6.45, 7) is 2.33. The Kier molecular flexibility index (Phi) is 3.90. The molecule has 134 valence electrons. The molecule has 2 aliphatic heterocycles. The Balaban J connectivity index is 1.69. The SMILES string of the molecule is C[C@@]12C[C@@H](c3ccccc3O1)[C@@H](C(N)=O)C(=O)N2CCc1ccccn1. The van der Waals surface area contributed by atoms with Gasteiger partial charge >= 0.3 is 0 Å². The molecule has 1 fully saturated rings. The lowest BCUT2D eigenvalue weighted by Gasteiger charge is -2.52. The van der Waals surface area contributed by atoms with E-state index in [2.05, 4.69) is 4.98 Å². The van der Waals surface area contributed by atoms with E-state index in [4.69, 9.17) is 10.5 Å². The van der Waals surface area contributed by atoms with Crippen molar-refractivity contribution in [1.29, 1.82) is 0 Å². The zero-order chi connectivity index (χ0) is 18.3. The summed E-state index contributed by atoms with van der Waals surface area (Å²) in [5.74, 6) is -1.24. The summed E-state index contributed by atoms with van der Waals surface area (Å²) in [4.78, 5) is 31.2. The molecular weight excluding hydrogens is 330 g/mol. The van der Waals surface area contributed by atoms with E-state index in [9.17, 15) is 9.59 Å². The molecule has 2 N–H and O–H groups in total. The van der Waals surface area contributed by atoms with Crippen molar-refractivity contribution in [1.82, 2.24) is 9.88 Å². The number of carbonyl (C=O) groups excluding carboxylic acids is 2. The van der Waals surface area contributed by atoms with Gasteiger partial charge in [-0.15, -0.1) is 0 Å². The number of ether oxygens (including phenoxy) is 1. The molecule has 0 saturated carbocycles. The number of nitrogens with zero attached hydrogens (tertiary/aromatic N) is 2. The number of nitrogens with two attached hydrogens (primary N) is 1. The van der Waals surface area contributed by atoms with Crippen LogP contribution in [0.4, 0.5) is 0 Å². The van der Waals surface area contributed by atoms with Crippen LogP contribution in [0.3, 0.4) is 0 Å². The summed E-state index contributed by atoms with van der Waals surface area (Å²) in [5.41, 5.74) is 6.60. The molecule has 0 aliphatic carbocycles. The highest BCUT2D eigenvalue weighted by Crippen LogP contribution is 2.49. The zero-order valence-corrected chi connectivity index (χ0v) is 14.6. The average molecular weight is 351 g/mol. The highest BCUT2D eigenvalue weighted by Gasteiger charge is 2.55.